The molecule has 1 heterocycles. The molecule has 0 amide bonds. The van der Waals surface area contributed by atoms with Crippen molar-refractivity contribution in [1.82, 2.24) is 4.98 Å². The Balaban J connectivity index is 1.91. The number of pyridine rings is 1. The van der Waals surface area contributed by atoms with Gasteiger partial charge < -0.3 is 0 Å². The average Bonchev–Trinajstić information content (AvgIpc) is 3.22. The first-order valence-corrected chi connectivity index (χ1v) is 6.91. The first-order chi connectivity index (χ1) is 9.45. The Kier molecular flexibility index (Phi) is 3.19. The predicted octanol–water partition coefficient (Wildman–Crippen LogP) is 4.93. The van der Waals surface area contributed by atoms with Gasteiger partial charge in [-0.1, -0.05) is 12.1 Å². The van der Waals surface area contributed by atoms with Crippen LogP contribution in [-0.2, 0) is 0 Å². The summed E-state index contributed by atoms with van der Waals surface area (Å²) in [5.74, 6) is 0.609. The van der Waals surface area contributed by atoms with Gasteiger partial charge in [0.05, 0.1) is 5.69 Å². The molecule has 3 rings (SSSR count). The van der Waals surface area contributed by atoms with Crippen molar-refractivity contribution in [1.29, 1.82) is 0 Å². The van der Waals surface area contributed by atoms with E-state index in [4.69, 9.17) is 0 Å². The Morgan fingerprint density at radius 1 is 1.20 bits per heavy atom. The van der Waals surface area contributed by atoms with Crippen LogP contribution in [0.5, 0.6) is 0 Å². The number of aromatic nitrogens is 1. The van der Waals surface area contributed by atoms with Gasteiger partial charge in [0.1, 0.15) is 0 Å². The summed E-state index contributed by atoms with van der Waals surface area (Å²) in [6.07, 6.45) is 1.72. The minimum Gasteiger partial charge on any atom is -0.253 e. The molecule has 1 saturated carbocycles. The molecule has 2 aliphatic carbocycles. The number of nitrogens with zero attached hydrogens (tertiary/aromatic N) is 1. The molecule has 0 bridgehead atoms. The van der Waals surface area contributed by atoms with Crippen LogP contribution < -0.4 is 0 Å². The lowest BCUT2D eigenvalue weighted by molar-refractivity contribution is -0.0939. The first kappa shape index (κ1) is 13.4. The lowest BCUT2D eigenvalue weighted by Crippen LogP contribution is -2.13. The molecular weight excluding hydrogens is 263 g/mol. The molecule has 106 valence electrons. The third kappa shape index (κ3) is 2.65. The van der Waals surface area contributed by atoms with E-state index in [2.05, 4.69) is 4.98 Å². The summed E-state index contributed by atoms with van der Waals surface area (Å²) >= 11 is 0. The van der Waals surface area contributed by atoms with Gasteiger partial charge in [0.2, 0.25) is 0 Å². The Labute approximate surface area is 116 Å². The molecule has 0 spiro atoms. The maximum absolute atomic E-state index is 12.8. The van der Waals surface area contributed by atoms with Crippen molar-refractivity contribution in [3.05, 3.63) is 46.8 Å². The molecule has 20 heavy (non-hydrogen) atoms. The zero-order chi connectivity index (χ0) is 14.3. The predicted molar refractivity (Wildman–Crippen MR) is 72.3 cm³/mol. The lowest BCUT2D eigenvalue weighted by Gasteiger charge is -2.17. The summed E-state index contributed by atoms with van der Waals surface area (Å²) in [5.41, 5.74) is 2.96. The van der Waals surface area contributed by atoms with Gasteiger partial charge in [-0.15, -0.1) is 0 Å². The fourth-order valence-corrected chi connectivity index (χ4v) is 2.66. The molecule has 1 nitrogen and oxygen atoms in total. The van der Waals surface area contributed by atoms with Crippen molar-refractivity contribution in [2.75, 3.05) is 0 Å². The number of hydrogen-bond donors (Lipinski definition) is 0. The molecule has 4 heteroatoms. The highest BCUT2D eigenvalue weighted by atomic mass is 19.4. The van der Waals surface area contributed by atoms with Crippen LogP contribution in [0.15, 0.2) is 29.9 Å². The molecule has 1 aromatic rings. The molecule has 0 aromatic carbocycles. The molecule has 0 radical (unpaired) electrons. The Bertz CT molecular complexity index is 592. The number of aryl methyl sites for hydroxylation is 1. The minimum absolute atomic E-state index is 0.0616. The van der Waals surface area contributed by atoms with Crippen LogP contribution in [0.1, 0.15) is 48.6 Å². The molecule has 0 unspecified atom stereocenters. The molecule has 1 fully saturated rings. The van der Waals surface area contributed by atoms with Gasteiger partial charge >= 0.3 is 6.18 Å². The second-order valence-electron chi connectivity index (χ2n) is 5.51. The van der Waals surface area contributed by atoms with E-state index < -0.39 is 11.7 Å². The number of hydrogen-bond acceptors (Lipinski definition) is 1. The van der Waals surface area contributed by atoms with Gasteiger partial charge in [-0.2, -0.15) is 13.2 Å². The summed E-state index contributed by atoms with van der Waals surface area (Å²) in [6.45, 7) is 1.94. The highest BCUT2D eigenvalue weighted by Gasteiger charge is 2.34. The van der Waals surface area contributed by atoms with Crippen LogP contribution in [0, 0.1) is 6.92 Å². The highest BCUT2D eigenvalue weighted by molar-refractivity contribution is 5.74. The van der Waals surface area contributed by atoms with E-state index >= 15 is 0 Å². The molecule has 1 aromatic heterocycles. The molecule has 2 aliphatic rings. The number of halogens is 3. The van der Waals surface area contributed by atoms with Gasteiger partial charge in [0.25, 0.3) is 0 Å². The Morgan fingerprint density at radius 2 is 1.95 bits per heavy atom. The number of allylic oxidation sites excluding steroid dienone is 4. The van der Waals surface area contributed by atoms with Gasteiger partial charge in [-0.05, 0) is 61.8 Å². The van der Waals surface area contributed by atoms with Crippen LogP contribution in [0.2, 0.25) is 0 Å². The largest absolute Gasteiger partial charge is 0.412 e. The van der Waals surface area contributed by atoms with E-state index in [1.807, 2.05) is 25.1 Å². The second kappa shape index (κ2) is 4.76. The van der Waals surface area contributed by atoms with Gasteiger partial charge in [0.15, 0.2) is 0 Å². The minimum atomic E-state index is -4.23. The summed E-state index contributed by atoms with van der Waals surface area (Å²) in [5, 5.41) is 0. The van der Waals surface area contributed by atoms with E-state index in [1.54, 1.807) is 0 Å². The van der Waals surface area contributed by atoms with Gasteiger partial charge in [-0.25, -0.2) is 0 Å². The fourth-order valence-electron chi connectivity index (χ4n) is 2.66. The van der Waals surface area contributed by atoms with Crippen LogP contribution in [0.25, 0.3) is 5.57 Å². The maximum Gasteiger partial charge on any atom is 0.412 e. The van der Waals surface area contributed by atoms with Crippen LogP contribution >= 0.6 is 0 Å². The van der Waals surface area contributed by atoms with Crippen LogP contribution in [-0.4, -0.2) is 11.2 Å². The SMILES string of the molecule is Cc1nc(C2=CCCC(C(F)(F)F)=C2)ccc1C1CC1. The molecule has 0 atom stereocenters. The number of rotatable bonds is 2. The zero-order valence-corrected chi connectivity index (χ0v) is 11.3. The lowest BCUT2D eigenvalue weighted by atomic mass is 9.96. The van der Waals surface area contributed by atoms with Gasteiger partial charge in [0, 0.05) is 11.3 Å². The highest BCUT2D eigenvalue weighted by Crippen LogP contribution is 2.41. The molecule has 0 saturated heterocycles. The topological polar surface area (TPSA) is 12.9 Å². The van der Waals surface area contributed by atoms with Crippen molar-refractivity contribution in [3.63, 3.8) is 0 Å². The molecule has 0 aliphatic heterocycles. The third-order valence-electron chi connectivity index (χ3n) is 3.91. The van der Waals surface area contributed by atoms with Gasteiger partial charge in [-0.3, -0.25) is 4.98 Å². The number of alkyl halides is 3. The van der Waals surface area contributed by atoms with E-state index in [-0.39, 0.29) is 6.42 Å². The zero-order valence-electron chi connectivity index (χ0n) is 11.3. The summed E-state index contributed by atoms with van der Waals surface area (Å²) in [7, 11) is 0. The van der Waals surface area contributed by atoms with Crippen LogP contribution in [0.3, 0.4) is 0 Å². The Hall–Kier alpha value is -1.58. The van der Waals surface area contributed by atoms with E-state index in [1.165, 1.54) is 24.5 Å². The van der Waals surface area contributed by atoms with E-state index in [0.717, 1.165) is 5.69 Å². The quantitative estimate of drug-likeness (QED) is 0.747. The smallest absolute Gasteiger partial charge is 0.253 e. The van der Waals surface area contributed by atoms with Crippen molar-refractivity contribution in [2.24, 2.45) is 0 Å². The standard InChI is InChI=1S/C16H16F3N/c1-10-14(11-5-6-11)7-8-15(20-10)12-3-2-4-13(9-12)16(17,18)19/h3,7-9,11H,2,4-6H2,1H3. The normalized spacial score (nSPS) is 19.6. The molecule has 0 N–H and O–H groups in total. The summed E-state index contributed by atoms with van der Waals surface area (Å²) < 4.78 is 38.3. The Morgan fingerprint density at radius 3 is 2.55 bits per heavy atom. The van der Waals surface area contributed by atoms with Crippen LogP contribution in [0.4, 0.5) is 13.2 Å². The molecular formula is C16H16F3N. The summed E-state index contributed by atoms with van der Waals surface area (Å²) in [6, 6.07) is 3.87. The second-order valence-corrected chi connectivity index (χ2v) is 5.51. The fraction of sp³-hybridized carbons (Fsp3) is 0.438. The van der Waals surface area contributed by atoms with E-state index in [0.29, 0.717) is 23.6 Å². The van der Waals surface area contributed by atoms with Crippen molar-refractivity contribution >= 4 is 5.57 Å². The van der Waals surface area contributed by atoms with E-state index in [9.17, 15) is 13.2 Å². The maximum atomic E-state index is 12.8. The van der Waals surface area contributed by atoms with Crippen molar-refractivity contribution in [2.45, 2.75) is 44.7 Å². The summed E-state index contributed by atoms with van der Waals surface area (Å²) in [4.78, 5) is 4.49. The third-order valence-corrected chi connectivity index (χ3v) is 3.91. The van der Waals surface area contributed by atoms with Crippen molar-refractivity contribution < 1.29 is 13.2 Å². The first-order valence-electron chi connectivity index (χ1n) is 6.91. The average molecular weight is 279 g/mol. The monoisotopic (exact) mass is 279 g/mol. The van der Waals surface area contributed by atoms with Crippen molar-refractivity contribution in [3.8, 4) is 0 Å².